The molecule has 0 spiro atoms. The number of esters is 2. The molecule has 0 N–H and O–H groups in total. The highest BCUT2D eigenvalue weighted by atomic mass is 31.2. The van der Waals surface area contributed by atoms with Crippen LogP contribution in [-0.2, 0) is 32.7 Å². The molecule has 0 aromatic rings. The van der Waals surface area contributed by atoms with Crippen LogP contribution in [0.3, 0.4) is 0 Å². The molecule has 2 atom stereocenters. The van der Waals surface area contributed by atoms with Gasteiger partial charge < -0.3 is 27.9 Å². The Morgan fingerprint density at radius 3 is 1.26 bits per heavy atom. The van der Waals surface area contributed by atoms with Crippen LogP contribution in [0.15, 0.2) is 24.3 Å². The summed E-state index contributed by atoms with van der Waals surface area (Å²) in [5, 5.41) is 0. The first-order valence-electron chi connectivity index (χ1n) is 28.0. The van der Waals surface area contributed by atoms with Gasteiger partial charge in [-0.15, -0.1) is 0 Å². The minimum absolute atomic E-state index is 0.0317. The van der Waals surface area contributed by atoms with Gasteiger partial charge in [0, 0.05) is 12.8 Å². The largest absolute Gasteiger partial charge is 0.756 e. The summed E-state index contributed by atoms with van der Waals surface area (Å²) in [4.78, 5) is 37.7. The second-order valence-corrected chi connectivity index (χ2v) is 21.7. The number of likely N-dealkylation sites (N-methyl/N-ethyl adjacent to an activating group) is 1. The van der Waals surface area contributed by atoms with E-state index in [-0.39, 0.29) is 32.0 Å². The first-order chi connectivity index (χ1) is 32.0. The lowest BCUT2D eigenvalue weighted by Gasteiger charge is -2.28. The van der Waals surface area contributed by atoms with E-state index < -0.39 is 26.5 Å². The van der Waals surface area contributed by atoms with Gasteiger partial charge in [-0.05, 0) is 38.5 Å². The number of allylic oxidation sites excluding steroid dienone is 4. The van der Waals surface area contributed by atoms with E-state index in [2.05, 4.69) is 38.2 Å². The lowest BCUT2D eigenvalue weighted by Crippen LogP contribution is -2.37. The Morgan fingerprint density at radius 2 is 0.848 bits per heavy atom. The molecule has 0 fully saturated rings. The third-order valence-corrected chi connectivity index (χ3v) is 13.4. The van der Waals surface area contributed by atoms with Gasteiger partial charge in [-0.3, -0.25) is 14.2 Å². The molecule has 0 bridgehead atoms. The number of unbranched alkanes of at least 4 members (excludes halogenated alkanes) is 34. The second kappa shape index (κ2) is 48.5. The standard InChI is InChI=1S/C56H108NO8P/c1-6-8-10-12-14-16-18-20-21-22-23-24-25-26-27-28-29-30-31-32-33-34-35-37-38-40-42-44-46-48-55(58)62-52-54(53-64-66(60,61)63-51-50-57(3,4)5)65-56(59)49-47-45-43-41-39-36-19-17-15-13-11-9-7-2/h11,13,17,19,54H,6-10,12,14-16,18,20-53H2,1-5H3/b13-11-,19-17-. The fourth-order valence-electron chi connectivity index (χ4n) is 8.11. The van der Waals surface area contributed by atoms with E-state index in [1.807, 2.05) is 21.1 Å². The molecule has 9 nitrogen and oxygen atoms in total. The van der Waals surface area contributed by atoms with Crippen molar-refractivity contribution >= 4 is 19.8 Å². The molecular formula is C56H108NO8P. The Kier molecular flexibility index (Phi) is 47.4. The first kappa shape index (κ1) is 64.5. The molecule has 0 aliphatic carbocycles. The molecule has 2 unspecified atom stereocenters. The van der Waals surface area contributed by atoms with Crippen molar-refractivity contribution in [1.82, 2.24) is 0 Å². The number of carbonyl (C=O) groups excluding carboxylic acids is 2. The van der Waals surface area contributed by atoms with Crippen molar-refractivity contribution in [1.29, 1.82) is 0 Å². The maximum absolute atomic E-state index is 12.7. The van der Waals surface area contributed by atoms with Crippen molar-refractivity contribution in [3.05, 3.63) is 24.3 Å². The molecule has 0 saturated heterocycles. The van der Waals surface area contributed by atoms with Crippen LogP contribution in [0.2, 0.25) is 0 Å². The lowest BCUT2D eigenvalue weighted by atomic mass is 10.0. The summed E-state index contributed by atoms with van der Waals surface area (Å²) in [7, 11) is 1.17. The van der Waals surface area contributed by atoms with Crippen LogP contribution in [0.25, 0.3) is 0 Å². The highest BCUT2D eigenvalue weighted by Crippen LogP contribution is 2.38. The van der Waals surface area contributed by atoms with E-state index in [1.54, 1.807) is 0 Å². The maximum atomic E-state index is 12.7. The number of phosphoric ester groups is 1. The Hall–Kier alpha value is -1.51. The first-order valence-corrected chi connectivity index (χ1v) is 29.5. The molecule has 0 aliphatic heterocycles. The molecular weight excluding hydrogens is 846 g/mol. The van der Waals surface area contributed by atoms with Gasteiger partial charge in [0.15, 0.2) is 6.10 Å². The summed E-state index contributed by atoms with van der Waals surface area (Å²) in [5.41, 5.74) is 0. The normalized spacial score (nSPS) is 13.5. The van der Waals surface area contributed by atoms with Gasteiger partial charge in [-0.1, -0.05) is 244 Å². The van der Waals surface area contributed by atoms with Crippen molar-refractivity contribution in [2.24, 2.45) is 0 Å². The zero-order valence-electron chi connectivity index (χ0n) is 44.2. The van der Waals surface area contributed by atoms with Crippen molar-refractivity contribution in [3.8, 4) is 0 Å². The van der Waals surface area contributed by atoms with Crippen molar-refractivity contribution in [3.63, 3.8) is 0 Å². The molecule has 0 radical (unpaired) electrons. The van der Waals surface area contributed by atoms with Gasteiger partial charge in [0.25, 0.3) is 7.82 Å². The number of hydrogen-bond donors (Lipinski definition) is 0. The minimum Gasteiger partial charge on any atom is -0.756 e. The number of quaternary nitrogens is 1. The number of hydrogen-bond acceptors (Lipinski definition) is 8. The zero-order chi connectivity index (χ0) is 48.5. The van der Waals surface area contributed by atoms with Crippen molar-refractivity contribution < 1.29 is 42.1 Å². The average molecular weight is 954 g/mol. The van der Waals surface area contributed by atoms with E-state index in [9.17, 15) is 19.0 Å². The monoisotopic (exact) mass is 954 g/mol. The Labute approximate surface area is 409 Å². The van der Waals surface area contributed by atoms with Crippen molar-refractivity contribution in [2.75, 3.05) is 47.5 Å². The molecule has 10 heteroatoms. The Bertz CT molecular complexity index is 1170. The van der Waals surface area contributed by atoms with Crippen molar-refractivity contribution in [2.45, 2.75) is 277 Å². The zero-order valence-corrected chi connectivity index (χ0v) is 45.1. The van der Waals surface area contributed by atoms with Crippen LogP contribution in [0.4, 0.5) is 0 Å². The van der Waals surface area contributed by atoms with E-state index in [1.165, 1.54) is 173 Å². The Balaban J connectivity index is 4.01. The lowest BCUT2D eigenvalue weighted by molar-refractivity contribution is -0.870. The molecule has 0 aliphatic rings. The quantitative estimate of drug-likeness (QED) is 0.0195. The molecule has 66 heavy (non-hydrogen) atoms. The van der Waals surface area contributed by atoms with Crippen LogP contribution in [-0.4, -0.2) is 70.0 Å². The van der Waals surface area contributed by atoms with Crippen LogP contribution in [0, 0.1) is 0 Å². The smallest absolute Gasteiger partial charge is 0.306 e. The van der Waals surface area contributed by atoms with Gasteiger partial charge >= 0.3 is 11.9 Å². The summed E-state index contributed by atoms with van der Waals surface area (Å²) in [6.07, 6.45) is 56.7. The summed E-state index contributed by atoms with van der Waals surface area (Å²) < 4.78 is 34.0. The predicted octanol–water partition coefficient (Wildman–Crippen LogP) is 16.4. The van der Waals surface area contributed by atoms with Crippen LogP contribution >= 0.6 is 7.82 Å². The van der Waals surface area contributed by atoms with Gasteiger partial charge in [0.1, 0.15) is 19.8 Å². The Morgan fingerprint density at radius 1 is 0.470 bits per heavy atom. The topological polar surface area (TPSA) is 111 Å². The second-order valence-electron chi connectivity index (χ2n) is 20.3. The van der Waals surface area contributed by atoms with E-state index in [0.29, 0.717) is 17.4 Å². The third kappa shape index (κ3) is 51.9. The van der Waals surface area contributed by atoms with Crippen LogP contribution in [0.5, 0.6) is 0 Å². The molecule has 0 aromatic carbocycles. The van der Waals surface area contributed by atoms with E-state index in [4.69, 9.17) is 18.5 Å². The molecule has 0 heterocycles. The minimum atomic E-state index is -4.63. The van der Waals surface area contributed by atoms with Gasteiger partial charge in [-0.2, -0.15) is 0 Å². The number of ether oxygens (including phenoxy) is 2. The molecule has 0 amide bonds. The SMILES string of the molecule is CCC/C=C\C/C=C\CCCCCCCC(=O)OC(COC(=O)CCCCCCCCCCCCCCCCCCCCCCCCCCCCCCC)COP(=O)([O-])OCC[N+](C)(C)C. The summed E-state index contributed by atoms with van der Waals surface area (Å²) in [6.45, 7) is 4.19. The average Bonchev–Trinajstić information content (AvgIpc) is 3.27. The predicted molar refractivity (Wildman–Crippen MR) is 278 cm³/mol. The molecule has 390 valence electrons. The number of nitrogens with zero attached hydrogens (tertiary/aromatic N) is 1. The van der Waals surface area contributed by atoms with E-state index in [0.717, 1.165) is 64.2 Å². The number of carbonyl (C=O) groups is 2. The molecule has 0 rings (SSSR count). The third-order valence-electron chi connectivity index (χ3n) is 12.5. The summed E-state index contributed by atoms with van der Waals surface area (Å²) in [6, 6.07) is 0. The van der Waals surface area contributed by atoms with Gasteiger partial charge in [-0.25, -0.2) is 0 Å². The van der Waals surface area contributed by atoms with Crippen LogP contribution < -0.4 is 4.89 Å². The highest BCUT2D eigenvalue weighted by Gasteiger charge is 2.22. The molecule has 0 saturated carbocycles. The summed E-state index contributed by atoms with van der Waals surface area (Å²) >= 11 is 0. The van der Waals surface area contributed by atoms with Crippen LogP contribution in [0.1, 0.15) is 271 Å². The number of rotatable bonds is 52. The summed E-state index contributed by atoms with van der Waals surface area (Å²) in [5.74, 6) is -0.838. The maximum Gasteiger partial charge on any atom is 0.306 e. The fraction of sp³-hybridized carbons (Fsp3) is 0.893. The van der Waals surface area contributed by atoms with E-state index >= 15 is 0 Å². The van der Waals surface area contributed by atoms with Gasteiger partial charge in [0.2, 0.25) is 0 Å². The molecule has 0 aromatic heterocycles. The fourth-order valence-corrected chi connectivity index (χ4v) is 8.84. The highest BCUT2D eigenvalue weighted by molar-refractivity contribution is 7.45. The number of phosphoric acid groups is 1. The van der Waals surface area contributed by atoms with Gasteiger partial charge in [0.05, 0.1) is 27.7 Å².